The molecular formula is C17H20ClNOS. The van der Waals surface area contributed by atoms with Gasteiger partial charge in [0.05, 0.1) is 6.61 Å². The predicted octanol–water partition coefficient (Wildman–Crippen LogP) is 4.79. The van der Waals surface area contributed by atoms with E-state index in [9.17, 15) is 0 Å². The van der Waals surface area contributed by atoms with Gasteiger partial charge < -0.3 is 10.1 Å². The molecule has 0 saturated heterocycles. The average Bonchev–Trinajstić information content (AvgIpc) is 2.49. The van der Waals surface area contributed by atoms with E-state index in [4.69, 9.17) is 16.3 Å². The molecule has 0 aliphatic heterocycles. The molecule has 0 heterocycles. The Labute approximate surface area is 135 Å². The maximum atomic E-state index is 6.02. The molecule has 0 spiro atoms. The summed E-state index contributed by atoms with van der Waals surface area (Å²) >= 11 is 7.81. The summed E-state index contributed by atoms with van der Waals surface area (Å²) in [7, 11) is 1.98. The van der Waals surface area contributed by atoms with Crippen molar-refractivity contribution in [1.82, 2.24) is 5.32 Å². The molecule has 2 aromatic rings. The molecule has 1 atom stereocenters. The Hall–Kier alpha value is -1.16. The lowest BCUT2D eigenvalue weighted by atomic mass is 10.1. The number of thioether (sulfide) groups is 1. The zero-order valence-electron chi connectivity index (χ0n) is 12.3. The van der Waals surface area contributed by atoms with Gasteiger partial charge >= 0.3 is 0 Å². The van der Waals surface area contributed by atoms with E-state index < -0.39 is 0 Å². The highest BCUT2D eigenvalue weighted by atomic mass is 35.5. The van der Waals surface area contributed by atoms with Crippen LogP contribution in [0.15, 0.2) is 53.4 Å². The molecule has 2 rings (SSSR count). The average molecular weight is 322 g/mol. The minimum atomic E-state index is 0.273. The zero-order chi connectivity index (χ0) is 15.1. The number of ether oxygens (including phenoxy) is 1. The molecule has 21 heavy (non-hydrogen) atoms. The Balaban J connectivity index is 2.04. The third-order valence-corrected chi connectivity index (χ3v) is 4.46. The number of hydrogen-bond donors (Lipinski definition) is 1. The van der Waals surface area contributed by atoms with Crippen LogP contribution in [0.2, 0.25) is 5.02 Å². The van der Waals surface area contributed by atoms with Gasteiger partial charge in [0.15, 0.2) is 0 Å². The molecule has 1 unspecified atom stereocenters. The maximum Gasteiger partial charge on any atom is 0.119 e. The quantitative estimate of drug-likeness (QED) is 0.741. The summed E-state index contributed by atoms with van der Waals surface area (Å²) in [4.78, 5) is 1.18. The van der Waals surface area contributed by atoms with Crippen LogP contribution in [-0.4, -0.2) is 19.4 Å². The standard InChI is InChI=1S/C17H20ClNOS/c1-3-20-15-8-4-6-13(10-15)17(19-2)12-21-16-9-5-7-14(18)11-16/h4-11,17,19H,3,12H2,1-2H3. The van der Waals surface area contributed by atoms with Crippen LogP contribution < -0.4 is 10.1 Å². The Morgan fingerprint density at radius 3 is 2.71 bits per heavy atom. The molecule has 1 N–H and O–H groups in total. The molecule has 0 amide bonds. The van der Waals surface area contributed by atoms with Crippen LogP contribution in [0.3, 0.4) is 0 Å². The lowest BCUT2D eigenvalue weighted by molar-refractivity contribution is 0.339. The van der Waals surface area contributed by atoms with Gasteiger partial charge in [-0.05, 0) is 49.9 Å². The van der Waals surface area contributed by atoms with Crippen LogP contribution in [0.25, 0.3) is 0 Å². The summed E-state index contributed by atoms with van der Waals surface area (Å²) in [6.45, 7) is 2.68. The lowest BCUT2D eigenvalue weighted by Gasteiger charge is -2.17. The fraction of sp³-hybridized carbons (Fsp3) is 0.294. The first kappa shape index (κ1) is 16.2. The molecule has 0 fully saturated rings. The van der Waals surface area contributed by atoms with Gasteiger partial charge in [-0.15, -0.1) is 11.8 Å². The highest BCUT2D eigenvalue weighted by molar-refractivity contribution is 7.99. The fourth-order valence-corrected chi connectivity index (χ4v) is 3.43. The van der Waals surface area contributed by atoms with E-state index >= 15 is 0 Å². The molecule has 2 nitrogen and oxygen atoms in total. The van der Waals surface area contributed by atoms with Gasteiger partial charge in [0.25, 0.3) is 0 Å². The number of hydrogen-bond acceptors (Lipinski definition) is 3. The van der Waals surface area contributed by atoms with Crippen molar-refractivity contribution in [2.75, 3.05) is 19.4 Å². The van der Waals surface area contributed by atoms with Crippen molar-refractivity contribution in [1.29, 1.82) is 0 Å². The Morgan fingerprint density at radius 2 is 2.00 bits per heavy atom. The summed E-state index contributed by atoms with van der Waals surface area (Å²) in [5.41, 5.74) is 1.23. The number of rotatable bonds is 7. The van der Waals surface area contributed by atoms with E-state index in [0.717, 1.165) is 16.5 Å². The zero-order valence-corrected chi connectivity index (χ0v) is 13.9. The molecule has 2 aromatic carbocycles. The fourth-order valence-electron chi connectivity index (χ4n) is 2.07. The minimum Gasteiger partial charge on any atom is -0.494 e. The van der Waals surface area contributed by atoms with Crippen LogP contribution >= 0.6 is 23.4 Å². The van der Waals surface area contributed by atoms with Crippen molar-refractivity contribution in [3.05, 3.63) is 59.1 Å². The second-order valence-electron chi connectivity index (χ2n) is 4.62. The molecule has 0 aromatic heterocycles. The number of halogens is 1. The van der Waals surface area contributed by atoms with Crippen molar-refractivity contribution in [2.45, 2.75) is 17.9 Å². The summed E-state index contributed by atoms with van der Waals surface area (Å²) in [6, 6.07) is 16.5. The first-order valence-electron chi connectivity index (χ1n) is 7.01. The van der Waals surface area contributed by atoms with Crippen LogP contribution in [0.1, 0.15) is 18.5 Å². The van der Waals surface area contributed by atoms with E-state index in [1.807, 2.05) is 44.3 Å². The van der Waals surface area contributed by atoms with E-state index in [1.165, 1.54) is 10.5 Å². The van der Waals surface area contributed by atoms with E-state index in [0.29, 0.717) is 6.61 Å². The third-order valence-electron chi connectivity index (χ3n) is 3.13. The third kappa shape index (κ3) is 4.95. The SMILES string of the molecule is CCOc1cccc(C(CSc2cccc(Cl)c2)NC)c1. The maximum absolute atomic E-state index is 6.02. The second-order valence-corrected chi connectivity index (χ2v) is 6.14. The van der Waals surface area contributed by atoms with Crippen molar-refractivity contribution in [3.8, 4) is 5.75 Å². The normalized spacial score (nSPS) is 12.1. The van der Waals surface area contributed by atoms with Crippen molar-refractivity contribution >= 4 is 23.4 Å². The molecule has 0 aliphatic carbocycles. The van der Waals surface area contributed by atoms with Gasteiger partial charge in [-0.1, -0.05) is 29.8 Å². The molecular weight excluding hydrogens is 302 g/mol. The molecule has 0 bridgehead atoms. The van der Waals surface area contributed by atoms with Gasteiger partial charge in [0.2, 0.25) is 0 Å². The van der Waals surface area contributed by atoms with Gasteiger partial charge in [0, 0.05) is 21.7 Å². The topological polar surface area (TPSA) is 21.3 Å². The van der Waals surface area contributed by atoms with Crippen molar-refractivity contribution in [3.63, 3.8) is 0 Å². The molecule has 0 aliphatic rings. The monoisotopic (exact) mass is 321 g/mol. The smallest absolute Gasteiger partial charge is 0.119 e. The predicted molar refractivity (Wildman–Crippen MR) is 91.6 cm³/mol. The Kier molecular flexibility index (Phi) is 6.43. The highest BCUT2D eigenvalue weighted by Crippen LogP contribution is 2.27. The Bertz CT molecular complexity index is 576. The minimum absolute atomic E-state index is 0.273. The molecule has 112 valence electrons. The highest BCUT2D eigenvalue weighted by Gasteiger charge is 2.11. The van der Waals surface area contributed by atoms with E-state index in [2.05, 4.69) is 23.5 Å². The van der Waals surface area contributed by atoms with Crippen molar-refractivity contribution in [2.24, 2.45) is 0 Å². The van der Waals surface area contributed by atoms with Gasteiger partial charge in [-0.25, -0.2) is 0 Å². The van der Waals surface area contributed by atoms with Crippen LogP contribution in [0, 0.1) is 0 Å². The summed E-state index contributed by atoms with van der Waals surface area (Å²) in [6.07, 6.45) is 0. The second kappa shape index (κ2) is 8.32. The van der Waals surface area contributed by atoms with E-state index in [-0.39, 0.29) is 6.04 Å². The van der Waals surface area contributed by atoms with E-state index in [1.54, 1.807) is 11.8 Å². The van der Waals surface area contributed by atoms with Crippen molar-refractivity contribution < 1.29 is 4.74 Å². The lowest BCUT2D eigenvalue weighted by Crippen LogP contribution is -2.18. The molecule has 4 heteroatoms. The summed E-state index contributed by atoms with van der Waals surface area (Å²) in [5, 5.41) is 4.14. The summed E-state index contributed by atoms with van der Waals surface area (Å²) in [5.74, 6) is 1.86. The summed E-state index contributed by atoms with van der Waals surface area (Å²) < 4.78 is 5.57. The number of benzene rings is 2. The van der Waals surface area contributed by atoms with Gasteiger partial charge in [0.1, 0.15) is 5.75 Å². The Morgan fingerprint density at radius 1 is 1.19 bits per heavy atom. The molecule has 0 saturated carbocycles. The van der Waals surface area contributed by atoms with Crippen LogP contribution in [-0.2, 0) is 0 Å². The van der Waals surface area contributed by atoms with Gasteiger partial charge in [-0.2, -0.15) is 0 Å². The van der Waals surface area contributed by atoms with Crippen LogP contribution in [0.5, 0.6) is 5.75 Å². The first-order chi connectivity index (χ1) is 10.2. The molecule has 0 radical (unpaired) electrons. The number of nitrogens with one attached hydrogen (secondary N) is 1. The van der Waals surface area contributed by atoms with Gasteiger partial charge in [-0.3, -0.25) is 0 Å². The first-order valence-corrected chi connectivity index (χ1v) is 8.37. The van der Waals surface area contributed by atoms with Crippen LogP contribution in [0.4, 0.5) is 0 Å². The largest absolute Gasteiger partial charge is 0.494 e.